The molecule has 0 saturated heterocycles. The van der Waals surface area contributed by atoms with Crippen molar-refractivity contribution in [2.24, 2.45) is 5.73 Å². The van der Waals surface area contributed by atoms with Gasteiger partial charge < -0.3 is 15.2 Å². The molecule has 0 saturated carbocycles. The number of rotatable bonds is 6. The minimum absolute atomic E-state index is 0.156. The Morgan fingerprint density at radius 3 is 2.53 bits per heavy atom. The third-order valence-electron chi connectivity index (χ3n) is 2.30. The molecule has 0 aliphatic rings. The summed E-state index contributed by atoms with van der Waals surface area (Å²) in [5.74, 6) is -0.575. The van der Waals surface area contributed by atoms with Crippen molar-refractivity contribution < 1.29 is 13.9 Å². The first-order chi connectivity index (χ1) is 8.78. The average molecular weight is 268 g/mol. The van der Waals surface area contributed by atoms with Crippen LogP contribution in [-0.4, -0.2) is 24.7 Å². The fourth-order valence-electron chi connectivity index (χ4n) is 1.49. The molecule has 0 heterocycles. The summed E-state index contributed by atoms with van der Waals surface area (Å²) < 4.78 is 24.2. The largest absolute Gasteiger partial charge is 0.384 e. The maximum atomic E-state index is 13.3. The number of nitrogens with two attached hydrogens (primary N) is 1. The Labute approximate surface area is 113 Å². The molecule has 0 fully saturated rings. The van der Waals surface area contributed by atoms with Gasteiger partial charge in [-0.15, -0.1) is 0 Å². The molecule has 1 aromatic rings. The van der Waals surface area contributed by atoms with Crippen LogP contribution in [0, 0.1) is 11.2 Å². The first-order valence-electron chi connectivity index (χ1n) is 6.13. The van der Waals surface area contributed by atoms with Crippen molar-refractivity contribution in [2.75, 3.05) is 13.2 Å². The minimum Gasteiger partial charge on any atom is -0.384 e. The Morgan fingerprint density at radius 2 is 1.95 bits per heavy atom. The highest BCUT2D eigenvalue weighted by Gasteiger charge is 2.09. The molecular weight excluding hydrogens is 247 g/mol. The van der Waals surface area contributed by atoms with E-state index in [-0.39, 0.29) is 18.0 Å². The number of amidine groups is 1. The number of ether oxygens (including phenoxy) is 2. The van der Waals surface area contributed by atoms with Gasteiger partial charge in [0.05, 0.1) is 25.4 Å². The molecule has 0 aliphatic carbocycles. The van der Waals surface area contributed by atoms with E-state index in [1.165, 1.54) is 12.1 Å². The van der Waals surface area contributed by atoms with Gasteiger partial charge in [0.15, 0.2) is 0 Å². The van der Waals surface area contributed by atoms with E-state index in [2.05, 4.69) is 0 Å². The van der Waals surface area contributed by atoms with E-state index >= 15 is 0 Å². The standard InChI is InChI=1S/C14H21FN2O2/c1-14(2,3)19-5-4-18-9-10-6-11(13(16)17)8-12(15)7-10/h6-8H,4-5,9H2,1-3H3,(H3,16,17). The van der Waals surface area contributed by atoms with Gasteiger partial charge in [-0.1, -0.05) is 0 Å². The summed E-state index contributed by atoms with van der Waals surface area (Å²) in [6.07, 6.45) is 0. The van der Waals surface area contributed by atoms with Gasteiger partial charge >= 0.3 is 0 Å². The van der Waals surface area contributed by atoms with Crippen molar-refractivity contribution in [3.05, 3.63) is 35.1 Å². The van der Waals surface area contributed by atoms with Gasteiger partial charge in [-0.3, -0.25) is 5.41 Å². The van der Waals surface area contributed by atoms with Crippen LogP contribution in [0.4, 0.5) is 4.39 Å². The van der Waals surface area contributed by atoms with E-state index in [1.807, 2.05) is 20.8 Å². The molecule has 0 amide bonds. The zero-order valence-corrected chi connectivity index (χ0v) is 11.6. The number of halogens is 1. The summed E-state index contributed by atoms with van der Waals surface area (Å²) >= 11 is 0. The van der Waals surface area contributed by atoms with Gasteiger partial charge in [0.1, 0.15) is 11.7 Å². The van der Waals surface area contributed by atoms with Crippen LogP contribution in [0.1, 0.15) is 31.9 Å². The maximum Gasteiger partial charge on any atom is 0.124 e. The summed E-state index contributed by atoms with van der Waals surface area (Å²) in [6.45, 7) is 7.10. The predicted molar refractivity (Wildman–Crippen MR) is 72.8 cm³/mol. The molecule has 0 unspecified atom stereocenters. The fraction of sp³-hybridized carbons (Fsp3) is 0.500. The highest BCUT2D eigenvalue weighted by Crippen LogP contribution is 2.10. The fourth-order valence-corrected chi connectivity index (χ4v) is 1.49. The SMILES string of the molecule is CC(C)(C)OCCOCc1cc(F)cc(C(=N)N)c1. The lowest BCUT2D eigenvalue weighted by Gasteiger charge is -2.19. The first kappa shape index (κ1) is 15.6. The van der Waals surface area contributed by atoms with Crippen molar-refractivity contribution in [3.63, 3.8) is 0 Å². The van der Waals surface area contributed by atoms with E-state index in [4.69, 9.17) is 20.6 Å². The highest BCUT2D eigenvalue weighted by atomic mass is 19.1. The summed E-state index contributed by atoms with van der Waals surface area (Å²) in [5.41, 5.74) is 6.16. The number of hydrogen-bond donors (Lipinski definition) is 2. The topological polar surface area (TPSA) is 68.3 Å². The van der Waals surface area contributed by atoms with E-state index < -0.39 is 5.82 Å². The molecule has 0 radical (unpaired) electrons. The third kappa shape index (κ3) is 6.31. The third-order valence-corrected chi connectivity index (χ3v) is 2.30. The van der Waals surface area contributed by atoms with Crippen molar-refractivity contribution >= 4 is 5.84 Å². The van der Waals surface area contributed by atoms with E-state index in [0.717, 1.165) is 0 Å². The number of nitrogen functional groups attached to an aromatic ring is 1. The Hall–Kier alpha value is -1.46. The van der Waals surface area contributed by atoms with Crippen molar-refractivity contribution in [3.8, 4) is 0 Å². The van der Waals surface area contributed by atoms with Crippen LogP contribution in [-0.2, 0) is 16.1 Å². The molecule has 3 N–H and O–H groups in total. The molecule has 0 aliphatic heterocycles. The zero-order valence-electron chi connectivity index (χ0n) is 11.6. The van der Waals surface area contributed by atoms with Gasteiger partial charge in [-0.2, -0.15) is 0 Å². The maximum absolute atomic E-state index is 13.3. The Kier molecular flexibility index (Phi) is 5.44. The van der Waals surface area contributed by atoms with Crippen LogP contribution < -0.4 is 5.73 Å². The Morgan fingerprint density at radius 1 is 1.26 bits per heavy atom. The Balaban J connectivity index is 2.43. The molecule has 0 aromatic heterocycles. The van der Waals surface area contributed by atoms with Crippen LogP contribution in [0.3, 0.4) is 0 Å². The van der Waals surface area contributed by atoms with Crippen molar-refractivity contribution in [2.45, 2.75) is 33.0 Å². The molecule has 4 nitrogen and oxygen atoms in total. The summed E-state index contributed by atoms with van der Waals surface area (Å²) in [6, 6.07) is 4.25. The number of benzene rings is 1. The van der Waals surface area contributed by atoms with Crippen LogP contribution in [0.15, 0.2) is 18.2 Å². The second-order valence-electron chi connectivity index (χ2n) is 5.28. The van der Waals surface area contributed by atoms with Crippen molar-refractivity contribution in [1.29, 1.82) is 5.41 Å². The zero-order chi connectivity index (χ0) is 14.5. The molecule has 0 bridgehead atoms. The molecule has 106 valence electrons. The van der Waals surface area contributed by atoms with Gasteiger partial charge in [0, 0.05) is 5.56 Å². The van der Waals surface area contributed by atoms with Crippen LogP contribution >= 0.6 is 0 Å². The normalized spacial score (nSPS) is 11.6. The molecule has 5 heteroatoms. The lowest BCUT2D eigenvalue weighted by Crippen LogP contribution is -2.21. The highest BCUT2D eigenvalue weighted by molar-refractivity contribution is 5.95. The van der Waals surface area contributed by atoms with E-state index in [9.17, 15) is 4.39 Å². The molecule has 0 spiro atoms. The second-order valence-corrected chi connectivity index (χ2v) is 5.28. The Bertz CT molecular complexity index is 442. The summed E-state index contributed by atoms with van der Waals surface area (Å²) in [4.78, 5) is 0. The monoisotopic (exact) mass is 268 g/mol. The molecular formula is C14H21FN2O2. The first-order valence-corrected chi connectivity index (χ1v) is 6.13. The predicted octanol–water partition coefficient (Wildman–Crippen LogP) is 2.44. The van der Waals surface area contributed by atoms with Gasteiger partial charge in [0.2, 0.25) is 0 Å². The lowest BCUT2D eigenvalue weighted by atomic mass is 10.1. The lowest BCUT2D eigenvalue weighted by molar-refractivity contribution is -0.0377. The van der Waals surface area contributed by atoms with Crippen LogP contribution in [0.25, 0.3) is 0 Å². The summed E-state index contributed by atoms with van der Waals surface area (Å²) in [5, 5.41) is 7.29. The van der Waals surface area contributed by atoms with Gasteiger partial charge in [-0.25, -0.2) is 4.39 Å². The molecule has 0 atom stereocenters. The van der Waals surface area contributed by atoms with Crippen LogP contribution in [0.5, 0.6) is 0 Å². The van der Waals surface area contributed by atoms with E-state index in [0.29, 0.717) is 24.3 Å². The van der Waals surface area contributed by atoms with Gasteiger partial charge in [-0.05, 0) is 44.5 Å². The summed E-state index contributed by atoms with van der Waals surface area (Å²) in [7, 11) is 0. The van der Waals surface area contributed by atoms with E-state index in [1.54, 1.807) is 6.07 Å². The minimum atomic E-state index is -0.419. The second kappa shape index (κ2) is 6.63. The molecule has 1 aromatic carbocycles. The van der Waals surface area contributed by atoms with Gasteiger partial charge in [0.25, 0.3) is 0 Å². The smallest absolute Gasteiger partial charge is 0.124 e. The molecule has 1 rings (SSSR count). The number of hydrogen-bond acceptors (Lipinski definition) is 3. The number of nitrogens with one attached hydrogen (secondary N) is 1. The molecule has 19 heavy (non-hydrogen) atoms. The average Bonchev–Trinajstić information content (AvgIpc) is 2.26. The van der Waals surface area contributed by atoms with Crippen molar-refractivity contribution in [1.82, 2.24) is 0 Å². The quantitative estimate of drug-likeness (QED) is 0.473. The van der Waals surface area contributed by atoms with Crippen LogP contribution in [0.2, 0.25) is 0 Å².